The Morgan fingerprint density at radius 3 is 2.78 bits per heavy atom. The van der Waals surface area contributed by atoms with Crippen LogP contribution in [0.1, 0.15) is 17.3 Å². The number of benzene rings is 1. The van der Waals surface area contributed by atoms with Gasteiger partial charge in [-0.1, -0.05) is 0 Å². The molecule has 6 nitrogen and oxygen atoms in total. The van der Waals surface area contributed by atoms with Crippen molar-refractivity contribution < 1.29 is 19.2 Å². The summed E-state index contributed by atoms with van der Waals surface area (Å²) in [7, 11) is 1.49. The molecule has 7 heteroatoms. The smallest absolute Gasteiger partial charge is 0.339 e. The first kappa shape index (κ1) is 14.6. The second-order valence-corrected chi connectivity index (χ2v) is 4.45. The molecule has 0 N–H and O–H groups in total. The molecular formula is C11H12BrNO5. The van der Waals surface area contributed by atoms with Crippen molar-refractivity contribution in [2.24, 2.45) is 0 Å². The number of methoxy groups -OCH3 is 1. The molecule has 0 amide bonds. The Labute approximate surface area is 112 Å². The molecule has 0 heterocycles. The van der Waals surface area contributed by atoms with Gasteiger partial charge in [0.15, 0.2) is 0 Å². The minimum atomic E-state index is -0.630. The van der Waals surface area contributed by atoms with Crippen molar-refractivity contribution in [1.29, 1.82) is 0 Å². The van der Waals surface area contributed by atoms with E-state index in [4.69, 9.17) is 9.47 Å². The van der Waals surface area contributed by atoms with Gasteiger partial charge in [0.25, 0.3) is 5.69 Å². The second kappa shape index (κ2) is 6.46. The molecule has 1 unspecified atom stereocenters. The van der Waals surface area contributed by atoms with E-state index in [1.165, 1.54) is 25.3 Å². The van der Waals surface area contributed by atoms with E-state index in [2.05, 4.69) is 15.9 Å². The summed E-state index contributed by atoms with van der Waals surface area (Å²) in [5, 5.41) is 10.6. The van der Waals surface area contributed by atoms with Crippen molar-refractivity contribution in [2.45, 2.75) is 13.0 Å². The molecule has 1 aromatic rings. The van der Waals surface area contributed by atoms with E-state index >= 15 is 0 Å². The van der Waals surface area contributed by atoms with Crippen LogP contribution in [0.2, 0.25) is 0 Å². The van der Waals surface area contributed by atoms with Gasteiger partial charge >= 0.3 is 5.97 Å². The van der Waals surface area contributed by atoms with Gasteiger partial charge in [-0.25, -0.2) is 4.79 Å². The van der Waals surface area contributed by atoms with Gasteiger partial charge in [0.05, 0.1) is 17.1 Å². The van der Waals surface area contributed by atoms with E-state index in [0.717, 1.165) is 0 Å². The summed E-state index contributed by atoms with van der Waals surface area (Å²) in [4.78, 5) is 21.9. The molecule has 0 aliphatic carbocycles. The van der Waals surface area contributed by atoms with E-state index < -0.39 is 17.0 Å². The zero-order valence-corrected chi connectivity index (χ0v) is 11.5. The highest BCUT2D eigenvalue weighted by Gasteiger charge is 2.18. The molecule has 1 aromatic carbocycles. The fourth-order valence-electron chi connectivity index (χ4n) is 1.30. The van der Waals surface area contributed by atoms with Gasteiger partial charge in [0.1, 0.15) is 6.10 Å². The summed E-state index contributed by atoms with van der Waals surface area (Å²) in [5.41, 5.74) is -0.0447. The Balaban J connectivity index is 2.91. The summed E-state index contributed by atoms with van der Waals surface area (Å²) in [6.45, 7) is 1.94. The zero-order valence-electron chi connectivity index (χ0n) is 9.88. The van der Waals surface area contributed by atoms with Crippen LogP contribution in [-0.2, 0) is 9.47 Å². The normalized spacial score (nSPS) is 11.9. The molecule has 0 saturated carbocycles. The SMILES string of the molecule is COCC(C)OC(=O)c1cc([N+](=O)[O-])ccc1Br. The third-order valence-electron chi connectivity index (χ3n) is 2.09. The predicted octanol–water partition coefficient (Wildman–Crippen LogP) is 2.55. The van der Waals surface area contributed by atoms with Crippen molar-refractivity contribution in [3.8, 4) is 0 Å². The lowest BCUT2D eigenvalue weighted by atomic mass is 10.2. The molecule has 0 fully saturated rings. The molecule has 1 atom stereocenters. The van der Waals surface area contributed by atoms with E-state index in [0.29, 0.717) is 4.47 Å². The number of hydrogen-bond acceptors (Lipinski definition) is 5. The highest BCUT2D eigenvalue weighted by atomic mass is 79.9. The van der Waals surface area contributed by atoms with Crippen LogP contribution >= 0.6 is 15.9 Å². The lowest BCUT2D eigenvalue weighted by Gasteiger charge is -2.12. The third-order valence-corrected chi connectivity index (χ3v) is 2.78. The quantitative estimate of drug-likeness (QED) is 0.473. The molecule has 98 valence electrons. The molecular weight excluding hydrogens is 306 g/mol. The first-order valence-corrected chi connectivity index (χ1v) is 5.89. The van der Waals surface area contributed by atoms with Crippen LogP contribution in [0.15, 0.2) is 22.7 Å². The maximum Gasteiger partial charge on any atom is 0.339 e. The van der Waals surface area contributed by atoms with Gasteiger partial charge in [-0.2, -0.15) is 0 Å². The van der Waals surface area contributed by atoms with Crippen LogP contribution in [0.4, 0.5) is 5.69 Å². The Kier molecular flexibility index (Phi) is 5.24. The average molecular weight is 318 g/mol. The van der Waals surface area contributed by atoms with Crippen LogP contribution in [-0.4, -0.2) is 30.7 Å². The molecule has 1 rings (SSSR count). The van der Waals surface area contributed by atoms with E-state index in [1.54, 1.807) is 6.92 Å². The Bertz CT molecular complexity index is 463. The number of ether oxygens (including phenoxy) is 2. The minimum absolute atomic E-state index is 0.118. The van der Waals surface area contributed by atoms with Gasteiger partial charge in [-0.05, 0) is 28.9 Å². The second-order valence-electron chi connectivity index (χ2n) is 3.59. The minimum Gasteiger partial charge on any atom is -0.457 e. The van der Waals surface area contributed by atoms with Crippen molar-refractivity contribution >= 4 is 27.6 Å². The molecule has 0 spiro atoms. The standard InChI is InChI=1S/C11H12BrNO5/c1-7(6-17-2)18-11(14)9-5-8(13(15)16)3-4-10(9)12/h3-5,7H,6H2,1-2H3. The molecule has 0 aromatic heterocycles. The fourth-order valence-corrected chi connectivity index (χ4v) is 1.71. The van der Waals surface area contributed by atoms with E-state index in [1.807, 2.05) is 0 Å². The van der Waals surface area contributed by atoms with Gasteiger partial charge in [-0.15, -0.1) is 0 Å². The lowest BCUT2D eigenvalue weighted by Crippen LogP contribution is -2.20. The van der Waals surface area contributed by atoms with Crippen LogP contribution < -0.4 is 0 Å². The van der Waals surface area contributed by atoms with E-state index in [-0.39, 0.29) is 17.9 Å². The molecule has 18 heavy (non-hydrogen) atoms. The van der Waals surface area contributed by atoms with Crippen LogP contribution in [0.25, 0.3) is 0 Å². The summed E-state index contributed by atoms with van der Waals surface area (Å²) in [6.07, 6.45) is -0.423. The lowest BCUT2D eigenvalue weighted by molar-refractivity contribution is -0.384. The van der Waals surface area contributed by atoms with Crippen LogP contribution in [0.5, 0.6) is 0 Å². The number of halogens is 1. The molecule has 0 aliphatic heterocycles. The molecule has 0 aliphatic rings. The number of nitro groups is 1. The number of esters is 1. The number of carbonyl (C=O) groups excluding carboxylic acids is 1. The van der Waals surface area contributed by atoms with Crippen molar-refractivity contribution in [3.63, 3.8) is 0 Å². The van der Waals surface area contributed by atoms with Crippen LogP contribution in [0, 0.1) is 10.1 Å². The van der Waals surface area contributed by atoms with Crippen molar-refractivity contribution in [1.82, 2.24) is 0 Å². The highest BCUT2D eigenvalue weighted by molar-refractivity contribution is 9.10. The molecule has 0 radical (unpaired) electrons. The summed E-state index contributed by atoms with van der Waals surface area (Å²) in [5.74, 6) is -0.630. The fraction of sp³-hybridized carbons (Fsp3) is 0.364. The third kappa shape index (κ3) is 3.78. The van der Waals surface area contributed by atoms with Gasteiger partial charge in [0, 0.05) is 23.7 Å². The zero-order chi connectivity index (χ0) is 13.7. The summed E-state index contributed by atoms with van der Waals surface area (Å²) >= 11 is 3.15. The van der Waals surface area contributed by atoms with Gasteiger partial charge < -0.3 is 9.47 Å². The maximum atomic E-state index is 11.8. The first-order chi connectivity index (χ1) is 8.45. The number of non-ortho nitro benzene ring substituents is 1. The number of nitro benzene ring substituents is 1. The molecule has 0 bridgehead atoms. The highest BCUT2D eigenvalue weighted by Crippen LogP contribution is 2.23. The number of rotatable bonds is 5. The van der Waals surface area contributed by atoms with Gasteiger partial charge in [-0.3, -0.25) is 10.1 Å². The average Bonchev–Trinajstić information content (AvgIpc) is 2.29. The Hall–Kier alpha value is -1.47. The Morgan fingerprint density at radius 2 is 2.22 bits per heavy atom. The number of nitrogens with zero attached hydrogens (tertiary/aromatic N) is 1. The van der Waals surface area contributed by atoms with Crippen molar-refractivity contribution in [2.75, 3.05) is 13.7 Å². The largest absolute Gasteiger partial charge is 0.457 e. The first-order valence-electron chi connectivity index (χ1n) is 5.09. The maximum absolute atomic E-state index is 11.8. The van der Waals surface area contributed by atoms with E-state index in [9.17, 15) is 14.9 Å². The van der Waals surface area contributed by atoms with Gasteiger partial charge in [0.2, 0.25) is 0 Å². The monoisotopic (exact) mass is 317 g/mol. The summed E-state index contributed by atoms with van der Waals surface area (Å²) < 4.78 is 10.4. The number of carbonyl (C=O) groups is 1. The van der Waals surface area contributed by atoms with Crippen LogP contribution in [0.3, 0.4) is 0 Å². The number of hydrogen-bond donors (Lipinski definition) is 0. The predicted molar refractivity (Wildman–Crippen MR) is 67.5 cm³/mol. The topological polar surface area (TPSA) is 78.7 Å². The molecule has 0 saturated heterocycles. The van der Waals surface area contributed by atoms with Crippen molar-refractivity contribution in [3.05, 3.63) is 38.3 Å². The Morgan fingerprint density at radius 1 is 1.56 bits per heavy atom. The summed E-state index contributed by atoms with van der Waals surface area (Å²) in [6, 6.07) is 3.92.